The first-order valence-electron chi connectivity index (χ1n) is 6.16. The summed E-state index contributed by atoms with van der Waals surface area (Å²) in [5.74, 6) is 1.14. The Balaban J connectivity index is 2.13. The molecule has 17 heavy (non-hydrogen) atoms. The Morgan fingerprint density at radius 1 is 1.18 bits per heavy atom. The molecule has 1 aliphatic rings. The van der Waals surface area contributed by atoms with Crippen molar-refractivity contribution in [3.63, 3.8) is 0 Å². The number of likely N-dealkylation sites (tertiary alicyclic amines) is 1. The summed E-state index contributed by atoms with van der Waals surface area (Å²) in [6.45, 7) is 1.80. The maximum absolute atomic E-state index is 11.9. The lowest BCUT2D eigenvalue weighted by molar-refractivity contribution is -0.140. The fourth-order valence-electron chi connectivity index (χ4n) is 1.83. The van der Waals surface area contributed by atoms with Crippen molar-refractivity contribution < 1.29 is 14.3 Å². The number of hydrogen-bond acceptors (Lipinski definition) is 4. The predicted molar refractivity (Wildman–Crippen MR) is 69.0 cm³/mol. The van der Waals surface area contributed by atoms with E-state index in [9.17, 15) is 9.59 Å². The van der Waals surface area contributed by atoms with E-state index in [1.807, 2.05) is 4.90 Å². The van der Waals surface area contributed by atoms with Crippen LogP contribution in [0.2, 0.25) is 0 Å². The topological polar surface area (TPSA) is 46.6 Å². The molecule has 1 aliphatic heterocycles. The second kappa shape index (κ2) is 8.39. The number of thioether (sulfide) groups is 1. The van der Waals surface area contributed by atoms with Crippen LogP contribution in [0, 0.1) is 0 Å². The predicted octanol–water partition coefficient (Wildman–Crippen LogP) is 1.69. The largest absolute Gasteiger partial charge is 0.469 e. The molecule has 1 rings (SSSR count). The van der Waals surface area contributed by atoms with Crippen LogP contribution in [0.3, 0.4) is 0 Å². The summed E-state index contributed by atoms with van der Waals surface area (Å²) in [5, 5.41) is 0. The van der Waals surface area contributed by atoms with E-state index in [1.165, 1.54) is 31.7 Å². The molecule has 0 bridgehead atoms. The zero-order valence-electron chi connectivity index (χ0n) is 10.4. The van der Waals surface area contributed by atoms with Crippen molar-refractivity contribution in [1.82, 2.24) is 4.90 Å². The molecule has 5 heteroatoms. The number of carbonyl (C=O) groups excluding carboxylic acids is 2. The summed E-state index contributed by atoms with van der Waals surface area (Å²) in [7, 11) is 1.38. The molecule has 0 aromatic heterocycles. The van der Waals surface area contributed by atoms with Crippen LogP contribution >= 0.6 is 11.8 Å². The lowest BCUT2D eigenvalue weighted by Gasteiger charge is -2.19. The number of rotatable bonds is 5. The minimum atomic E-state index is -0.209. The van der Waals surface area contributed by atoms with Crippen molar-refractivity contribution in [3.8, 4) is 0 Å². The maximum atomic E-state index is 11.9. The summed E-state index contributed by atoms with van der Waals surface area (Å²) < 4.78 is 4.54. The molecule has 0 unspecified atom stereocenters. The van der Waals surface area contributed by atoms with Crippen LogP contribution in [-0.2, 0) is 14.3 Å². The molecule has 0 aliphatic carbocycles. The normalized spacial score (nSPS) is 16.4. The van der Waals surface area contributed by atoms with Crippen molar-refractivity contribution in [1.29, 1.82) is 0 Å². The van der Waals surface area contributed by atoms with Crippen molar-refractivity contribution >= 4 is 23.6 Å². The van der Waals surface area contributed by atoms with E-state index in [-0.39, 0.29) is 11.9 Å². The highest BCUT2D eigenvalue weighted by atomic mass is 32.2. The standard InChI is InChI=1S/C12H21NO3S/c1-16-12(15)6-9-17-10-11(14)13-7-4-2-3-5-8-13/h2-10H2,1H3. The maximum Gasteiger partial charge on any atom is 0.306 e. The first-order chi connectivity index (χ1) is 8.24. The van der Waals surface area contributed by atoms with E-state index in [0.717, 1.165) is 25.9 Å². The molecule has 0 aromatic rings. The molecule has 0 spiro atoms. The van der Waals surface area contributed by atoms with Crippen LogP contribution in [0.25, 0.3) is 0 Å². The minimum absolute atomic E-state index is 0.209. The number of carbonyl (C=O) groups is 2. The first kappa shape index (κ1) is 14.4. The highest BCUT2D eigenvalue weighted by Gasteiger charge is 2.15. The van der Waals surface area contributed by atoms with Crippen molar-refractivity contribution in [2.75, 3.05) is 31.7 Å². The van der Waals surface area contributed by atoms with Crippen LogP contribution in [0.1, 0.15) is 32.1 Å². The molecule has 1 fully saturated rings. The van der Waals surface area contributed by atoms with Gasteiger partial charge in [0, 0.05) is 18.8 Å². The molecule has 0 N–H and O–H groups in total. The van der Waals surface area contributed by atoms with Crippen LogP contribution in [0.15, 0.2) is 0 Å². The molecule has 0 aromatic carbocycles. The van der Waals surface area contributed by atoms with Gasteiger partial charge < -0.3 is 9.64 Å². The van der Waals surface area contributed by atoms with Gasteiger partial charge in [0.25, 0.3) is 0 Å². The molecule has 1 heterocycles. The zero-order valence-corrected chi connectivity index (χ0v) is 11.3. The Morgan fingerprint density at radius 2 is 1.82 bits per heavy atom. The van der Waals surface area contributed by atoms with Gasteiger partial charge in [0.2, 0.25) is 5.91 Å². The van der Waals surface area contributed by atoms with Gasteiger partial charge in [-0.1, -0.05) is 12.8 Å². The number of esters is 1. The number of nitrogens with zero attached hydrogens (tertiary/aromatic N) is 1. The van der Waals surface area contributed by atoms with Crippen LogP contribution in [-0.4, -0.2) is 48.5 Å². The third-order valence-corrected chi connectivity index (χ3v) is 3.81. The summed E-state index contributed by atoms with van der Waals surface area (Å²) in [5.41, 5.74) is 0. The Bertz CT molecular complexity index is 250. The molecular formula is C12H21NO3S. The highest BCUT2D eigenvalue weighted by Crippen LogP contribution is 2.12. The van der Waals surface area contributed by atoms with E-state index in [4.69, 9.17) is 0 Å². The van der Waals surface area contributed by atoms with Gasteiger partial charge >= 0.3 is 5.97 Å². The Hall–Kier alpha value is -0.710. The van der Waals surface area contributed by atoms with E-state index in [0.29, 0.717) is 17.9 Å². The summed E-state index contributed by atoms with van der Waals surface area (Å²) in [6.07, 6.45) is 5.10. The van der Waals surface area contributed by atoms with Crippen LogP contribution in [0.5, 0.6) is 0 Å². The van der Waals surface area contributed by atoms with Crippen molar-refractivity contribution in [3.05, 3.63) is 0 Å². The summed E-state index contributed by atoms with van der Waals surface area (Å²) >= 11 is 1.51. The van der Waals surface area contributed by atoms with Gasteiger partial charge in [-0.15, -0.1) is 0 Å². The second-order valence-electron chi connectivity index (χ2n) is 4.17. The lowest BCUT2D eigenvalue weighted by atomic mass is 10.2. The minimum Gasteiger partial charge on any atom is -0.469 e. The molecule has 98 valence electrons. The first-order valence-corrected chi connectivity index (χ1v) is 7.32. The molecule has 1 amide bonds. The van der Waals surface area contributed by atoms with Crippen molar-refractivity contribution in [2.24, 2.45) is 0 Å². The fourth-order valence-corrected chi connectivity index (χ4v) is 2.64. The number of methoxy groups -OCH3 is 1. The third-order valence-electron chi connectivity index (χ3n) is 2.86. The molecule has 0 atom stereocenters. The second-order valence-corrected chi connectivity index (χ2v) is 5.28. The molecule has 1 saturated heterocycles. The Labute approximate surface area is 107 Å². The Morgan fingerprint density at radius 3 is 2.41 bits per heavy atom. The lowest BCUT2D eigenvalue weighted by Crippen LogP contribution is -2.33. The van der Waals surface area contributed by atoms with Gasteiger partial charge in [-0.25, -0.2) is 0 Å². The van der Waals surface area contributed by atoms with Crippen LogP contribution < -0.4 is 0 Å². The van der Waals surface area contributed by atoms with Gasteiger partial charge in [0.05, 0.1) is 19.3 Å². The van der Waals surface area contributed by atoms with Gasteiger partial charge in [-0.3, -0.25) is 9.59 Å². The fraction of sp³-hybridized carbons (Fsp3) is 0.833. The number of ether oxygens (including phenoxy) is 1. The molecular weight excluding hydrogens is 238 g/mol. The number of amides is 1. The summed E-state index contributed by atoms with van der Waals surface area (Å²) in [6, 6.07) is 0. The van der Waals surface area contributed by atoms with Gasteiger partial charge in [0.1, 0.15) is 0 Å². The SMILES string of the molecule is COC(=O)CCSCC(=O)N1CCCCCC1. The highest BCUT2D eigenvalue weighted by molar-refractivity contribution is 7.99. The Kier molecular flexibility index (Phi) is 7.08. The summed E-state index contributed by atoms with van der Waals surface area (Å²) in [4.78, 5) is 24.7. The van der Waals surface area contributed by atoms with E-state index >= 15 is 0 Å². The van der Waals surface area contributed by atoms with Crippen molar-refractivity contribution in [2.45, 2.75) is 32.1 Å². The average molecular weight is 259 g/mol. The number of hydrogen-bond donors (Lipinski definition) is 0. The molecule has 0 saturated carbocycles. The zero-order chi connectivity index (χ0) is 12.5. The van der Waals surface area contributed by atoms with E-state index in [2.05, 4.69) is 4.74 Å². The average Bonchev–Trinajstić information content (AvgIpc) is 2.62. The molecule has 4 nitrogen and oxygen atoms in total. The van der Waals surface area contributed by atoms with Gasteiger partial charge in [-0.2, -0.15) is 11.8 Å². The van der Waals surface area contributed by atoms with Gasteiger partial charge in [0.15, 0.2) is 0 Å². The van der Waals surface area contributed by atoms with Gasteiger partial charge in [-0.05, 0) is 12.8 Å². The molecule has 0 radical (unpaired) electrons. The quantitative estimate of drug-likeness (QED) is 0.557. The van der Waals surface area contributed by atoms with Crippen LogP contribution in [0.4, 0.5) is 0 Å². The smallest absolute Gasteiger partial charge is 0.306 e. The third kappa shape index (κ3) is 5.96. The monoisotopic (exact) mass is 259 g/mol. The van der Waals surface area contributed by atoms with E-state index in [1.54, 1.807) is 0 Å². The van der Waals surface area contributed by atoms with E-state index < -0.39 is 0 Å².